The van der Waals surface area contributed by atoms with Crippen molar-refractivity contribution in [3.8, 4) is 0 Å². The van der Waals surface area contributed by atoms with Crippen LogP contribution in [0.1, 0.15) is 40.6 Å². The van der Waals surface area contributed by atoms with Crippen molar-refractivity contribution in [1.82, 2.24) is 10.2 Å². The predicted molar refractivity (Wildman–Crippen MR) is 99.6 cm³/mol. The van der Waals surface area contributed by atoms with E-state index >= 15 is 0 Å². The zero-order chi connectivity index (χ0) is 18.6. The second kappa shape index (κ2) is 8.05. The molecule has 1 aliphatic rings. The standard InChI is InChI=1S/C19H24N2O4S/c1-26(23,24)14-15-6-8-16(9-7-15)19(22)20-13-17(18-5-4-12-25-18)21-10-2-3-11-21/h4-9,12,17H,2-3,10-11,13-14H2,1H3,(H,20,22)/t17-/m1/s1. The SMILES string of the molecule is CS(=O)(=O)Cc1ccc(C(=O)NC[C@H](c2ccco2)N2CCCC2)cc1. The van der Waals surface area contributed by atoms with Crippen LogP contribution in [0.4, 0.5) is 0 Å². The van der Waals surface area contributed by atoms with Gasteiger partial charge in [0.2, 0.25) is 0 Å². The molecule has 1 saturated heterocycles. The van der Waals surface area contributed by atoms with Crippen LogP contribution in [0, 0.1) is 0 Å². The van der Waals surface area contributed by atoms with Gasteiger partial charge in [0.25, 0.3) is 5.91 Å². The largest absolute Gasteiger partial charge is 0.468 e. The van der Waals surface area contributed by atoms with Crippen molar-refractivity contribution in [2.75, 3.05) is 25.9 Å². The Morgan fingerprint density at radius 3 is 2.46 bits per heavy atom. The fraction of sp³-hybridized carbons (Fsp3) is 0.421. The van der Waals surface area contributed by atoms with Gasteiger partial charge in [-0.25, -0.2) is 8.42 Å². The molecule has 1 amide bonds. The summed E-state index contributed by atoms with van der Waals surface area (Å²) in [5, 5.41) is 2.97. The molecule has 1 N–H and O–H groups in total. The van der Waals surface area contributed by atoms with E-state index in [1.54, 1.807) is 30.5 Å². The third kappa shape index (κ3) is 4.95. The Bertz CT molecular complexity index is 823. The van der Waals surface area contributed by atoms with Gasteiger partial charge in [-0.2, -0.15) is 0 Å². The number of furan rings is 1. The maximum Gasteiger partial charge on any atom is 0.251 e. The van der Waals surface area contributed by atoms with Crippen molar-refractivity contribution in [2.24, 2.45) is 0 Å². The Hall–Kier alpha value is -2.12. The highest BCUT2D eigenvalue weighted by Crippen LogP contribution is 2.25. The molecular weight excluding hydrogens is 352 g/mol. The highest BCUT2D eigenvalue weighted by Gasteiger charge is 2.26. The summed E-state index contributed by atoms with van der Waals surface area (Å²) in [5.41, 5.74) is 1.19. The Morgan fingerprint density at radius 1 is 1.19 bits per heavy atom. The van der Waals surface area contributed by atoms with Gasteiger partial charge in [-0.3, -0.25) is 9.69 Å². The molecule has 3 rings (SSSR count). The second-order valence-corrected chi connectivity index (χ2v) is 8.89. The van der Waals surface area contributed by atoms with Crippen molar-refractivity contribution < 1.29 is 17.6 Å². The number of sulfone groups is 1. The van der Waals surface area contributed by atoms with Crippen molar-refractivity contribution in [1.29, 1.82) is 0 Å². The summed E-state index contributed by atoms with van der Waals surface area (Å²) in [6, 6.07) is 10.5. The molecule has 0 spiro atoms. The molecule has 1 aromatic carbocycles. The molecule has 0 unspecified atom stereocenters. The van der Waals surface area contributed by atoms with Gasteiger partial charge in [0.05, 0.1) is 18.1 Å². The molecule has 140 valence electrons. The molecular formula is C19H24N2O4S. The average molecular weight is 376 g/mol. The number of hydrogen-bond acceptors (Lipinski definition) is 5. The van der Waals surface area contributed by atoms with Crippen LogP contribution < -0.4 is 5.32 Å². The number of hydrogen-bond donors (Lipinski definition) is 1. The molecule has 0 radical (unpaired) electrons. The first kappa shape index (κ1) is 18.7. The first-order valence-electron chi connectivity index (χ1n) is 8.75. The van der Waals surface area contributed by atoms with E-state index in [1.165, 1.54) is 6.26 Å². The first-order valence-corrected chi connectivity index (χ1v) is 10.8. The normalized spacial score (nSPS) is 16.5. The maximum absolute atomic E-state index is 12.5. The zero-order valence-corrected chi connectivity index (χ0v) is 15.7. The van der Waals surface area contributed by atoms with Gasteiger partial charge in [0, 0.05) is 18.4 Å². The van der Waals surface area contributed by atoms with E-state index in [0.29, 0.717) is 17.7 Å². The number of rotatable bonds is 7. The average Bonchev–Trinajstić information content (AvgIpc) is 3.28. The molecule has 1 aromatic heterocycles. The lowest BCUT2D eigenvalue weighted by Crippen LogP contribution is -2.36. The van der Waals surface area contributed by atoms with Gasteiger partial charge in [-0.05, 0) is 55.8 Å². The number of carbonyl (C=O) groups is 1. The summed E-state index contributed by atoms with van der Waals surface area (Å²) in [4.78, 5) is 14.8. The van der Waals surface area contributed by atoms with Crippen LogP contribution in [0.25, 0.3) is 0 Å². The van der Waals surface area contributed by atoms with E-state index in [2.05, 4.69) is 10.2 Å². The minimum absolute atomic E-state index is 0.0234. The molecule has 1 aliphatic heterocycles. The first-order chi connectivity index (χ1) is 12.4. The molecule has 2 heterocycles. The highest BCUT2D eigenvalue weighted by atomic mass is 32.2. The van der Waals surface area contributed by atoms with Crippen LogP contribution in [0.15, 0.2) is 47.1 Å². The third-order valence-electron chi connectivity index (χ3n) is 4.55. The Kier molecular flexibility index (Phi) is 5.78. The number of carbonyl (C=O) groups excluding carboxylic acids is 1. The van der Waals surface area contributed by atoms with Gasteiger partial charge in [0.15, 0.2) is 9.84 Å². The van der Waals surface area contributed by atoms with Crippen LogP contribution in [0.5, 0.6) is 0 Å². The molecule has 26 heavy (non-hydrogen) atoms. The lowest BCUT2D eigenvalue weighted by atomic mass is 10.1. The molecule has 2 aromatic rings. The molecule has 0 saturated carbocycles. The van der Waals surface area contributed by atoms with Crippen LogP contribution in [0.2, 0.25) is 0 Å². The summed E-state index contributed by atoms with van der Waals surface area (Å²) in [5.74, 6) is 0.659. The van der Waals surface area contributed by atoms with Crippen molar-refractivity contribution in [3.63, 3.8) is 0 Å². The Balaban J connectivity index is 1.63. The van der Waals surface area contributed by atoms with Crippen LogP contribution >= 0.6 is 0 Å². The molecule has 1 fully saturated rings. The summed E-state index contributed by atoms with van der Waals surface area (Å²) in [6.07, 6.45) is 5.17. The fourth-order valence-electron chi connectivity index (χ4n) is 3.29. The molecule has 6 nitrogen and oxygen atoms in total. The van der Waals surface area contributed by atoms with Crippen LogP contribution in [-0.4, -0.2) is 45.1 Å². The number of nitrogens with zero attached hydrogens (tertiary/aromatic N) is 1. The summed E-state index contributed by atoms with van der Waals surface area (Å²) < 4.78 is 28.2. The van der Waals surface area contributed by atoms with Gasteiger partial charge in [0.1, 0.15) is 5.76 Å². The minimum Gasteiger partial charge on any atom is -0.468 e. The summed E-state index contributed by atoms with van der Waals surface area (Å²) in [6.45, 7) is 2.47. The van der Waals surface area contributed by atoms with E-state index in [1.807, 2.05) is 12.1 Å². The van der Waals surface area contributed by atoms with Gasteiger partial charge < -0.3 is 9.73 Å². The summed E-state index contributed by atoms with van der Waals surface area (Å²) in [7, 11) is -3.08. The van der Waals surface area contributed by atoms with Crippen LogP contribution in [0.3, 0.4) is 0 Å². The topological polar surface area (TPSA) is 79.6 Å². The third-order valence-corrected chi connectivity index (χ3v) is 5.41. The molecule has 1 atom stereocenters. The fourth-order valence-corrected chi connectivity index (χ4v) is 4.09. The Labute approximate surface area is 154 Å². The lowest BCUT2D eigenvalue weighted by molar-refractivity contribution is 0.0933. The van der Waals surface area contributed by atoms with E-state index < -0.39 is 9.84 Å². The lowest BCUT2D eigenvalue weighted by Gasteiger charge is -2.26. The second-order valence-electron chi connectivity index (χ2n) is 6.75. The minimum atomic E-state index is -3.08. The van der Waals surface area contributed by atoms with Crippen molar-refractivity contribution >= 4 is 15.7 Å². The number of benzene rings is 1. The zero-order valence-electron chi connectivity index (χ0n) is 14.8. The molecule has 0 bridgehead atoms. The van der Waals surface area contributed by atoms with Crippen molar-refractivity contribution in [3.05, 3.63) is 59.5 Å². The smallest absolute Gasteiger partial charge is 0.251 e. The van der Waals surface area contributed by atoms with Crippen molar-refractivity contribution in [2.45, 2.75) is 24.6 Å². The molecule has 0 aliphatic carbocycles. The van der Waals surface area contributed by atoms with E-state index in [9.17, 15) is 13.2 Å². The quantitative estimate of drug-likeness (QED) is 0.803. The maximum atomic E-state index is 12.5. The highest BCUT2D eigenvalue weighted by molar-refractivity contribution is 7.89. The number of likely N-dealkylation sites (tertiary alicyclic amines) is 1. The van der Waals surface area contributed by atoms with Gasteiger partial charge >= 0.3 is 0 Å². The number of amides is 1. The summed E-state index contributed by atoms with van der Waals surface area (Å²) >= 11 is 0. The van der Waals surface area contributed by atoms with E-state index in [0.717, 1.165) is 31.7 Å². The van der Waals surface area contributed by atoms with Crippen LogP contribution in [-0.2, 0) is 15.6 Å². The molecule has 7 heteroatoms. The van der Waals surface area contributed by atoms with Gasteiger partial charge in [-0.1, -0.05) is 12.1 Å². The predicted octanol–water partition coefficient (Wildman–Crippen LogP) is 2.39. The monoisotopic (exact) mass is 376 g/mol. The van der Waals surface area contributed by atoms with E-state index in [4.69, 9.17) is 4.42 Å². The van der Waals surface area contributed by atoms with Gasteiger partial charge in [-0.15, -0.1) is 0 Å². The Morgan fingerprint density at radius 2 is 1.88 bits per heavy atom. The van der Waals surface area contributed by atoms with E-state index in [-0.39, 0.29) is 17.7 Å². The number of nitrogens with one attached hydrogen (secondary N) is 1.